The lowest BCUT2D eigenvalue weighted by molar-refractivity contribution is 0.552. The minimum absolute atomic E-state index is 0.0799. The molecule has 4 nitrogen and oxygen atoms in total. The van der Waals surface area contributed by atoms with Crippen molar-refractivity contribution in [3.63, 3.8) is 0 Å². The Morgan fingerprint density at radius 1 is 1.29 bits per heavy atom. The van der Waals surface area contributed by atoms with Gasteiger partial charge in [0.05, 0.1) is 4.90 Å². The van der Waals surface area contributed by atoms with E-state index in [-0.39, 0.29) is 10.9 Å². The average Bonchev–Trinajstić information content (AvgIpc) is 2.73. The third kappa shape index (κ3) is 3.00. The molecule has 17 heavy (non-hydrogen) atoms. The van der Waals surface area contributed by atoms with Crippen molar-refractivity contribution in [3.8, 4) is 0 Å². The summed E-state index contributed by atoms with van der Waals surface area (Å²) in [5, 5.41) is 0. The summed E-state index contributed by atoms with van der Waals surface area (Å²) in [4.78, 5) is 0.255. The minimum Gasteiger partial charge on any atom is -0.398 e. The van der Waals surface area contributed by atoms with Crippen molar-refractivity contribution >= 4 is 31.6 Å². The molecule has 3 N–H and O–H groups in total. The quantitative estimate of drug-likeness (QED) is 0.840. The van der Waals surface area contributed by atoms with Crippen LogP contribution < -0.4 is 10.5 Å². The Bertz CT molecular complexity index is 510. The number of rotatable bonds is 3. The molecule has 1 aromatic carbocycles. The number of nitrogens with two attached hydrogens (primary N) is 1. The van der Waals surface area contributed by atoms with E-state index in [1.54, 1.807) is 6.07 Å². The highest BCUT2D eigenvalue weighted by molar-refractivity contribution is 9.10. The molecule has 1 fully saturated rings. The molecular formula is C11H15BrN2O2S. The van der Waals surface area contributed by atoms with Gasteiger partial charge in [-0.05, 0) is 47.0 Å². The van der Waals surface area contributed by atoms with Crippen molar-refractivity contribution in [1.82, 2.24) is 4.72 Å². The first kappa shape index (κ1) is 12.9. The van der Waals surface area contributed by atoms with Gasteiger partial charge < -0.3 is 5.73 Å². The van der Waals surface area contributed by atoms with Gasteiger partial charge in [-0.15, -0.1) is 0 Å². The number of nitrogens with one attached hydrogen (secondary N) is 1. The second-order valence-electron chi connectivity index (χ2n) is 4.29. The largest absolute Gasteiger partial charge is 0.398 e. The van der Waals surface area contributed by atoms with Gasteiger partial charge in [0.25, 0.3) is 0 Å². The molecule has 0 bridgehead atoms. The summed E-state index contributed by atoms with van der Waals surface area (Å²) in [6.45, 7) is 0. The number of anilines is 1. The Hall–Kier alpha value is -0.590. The smallest absolute Gasteiger partial charge is 0.240 e. The summed E-state index contributed by atoms with van der Waals surface area (Å²) in [5.74, 6) is 0. The standard InChI is InChI=1S/C11H15BrN2O2S/c12-10-7-9(5-6-11(10)13)17(15,16)14-8-3-1-2-4-8/h5-8,14H,1-4,13H2. The highest BCUT2D eigenvalue weighted by atomic mass is 79.9. The lowest BCUT2D eigenvalue weighted by Crippen LogP contribution is -2.32. The van der Waals surface area contributed by atoms with Crippen molar-refractivity contribution in [2.45, 2.75) is 36.6 Å². The summed E-state index contributed by atoms with van der Waals surface area (Å²) in [7, 11) is -3.42. The van der Waals surface area contributed by atoms with Crippen LogP contribution in [0, 0.1) is 0 Å². The van der Waals surface area contributed by atoms with E-state index in [1.807, 2.05) is 0 Å². The zero-order valence-corrected chi connectivity index (χ0v) is 11.7. The summed E-state index contributed by atoms with van der Waals surface area (Å²) >= 11 is 3.23. The third-order valence-electron chi connectivity index (χ3n) is 2.96. The van der Waals surface area contributed by atoms with Crippen LogP contribution in [0.5, 0.6) is 0 Å². The van der Waals surface area contributed by atoms with Crippen LogP contribution in [-0.4, -0.2) is 14.5 Å². The molecule has 1 aromatic rings. The monoisotopic (exact) mass is 318 g/mol. The first-order valence-electron chi connectivity index (χ1n) is 5.56. The number of benzene rings is 1. The van der Waals surface area contributed by atoms with Gasteiger partial charge in [0.15, 0.2) is 0 Å². The summed E-state index contributed by atoms with van der Waals surface area (Å²) in [6, 6.07) is 4.73. The molecular weight excluding hydrogens is 304 g/mol. The molecule has 1 aliphatic carbocycles. The number of sulfonamides is 1. The molecule has 6 heteroatoms. The van der Waals surface area contributed by atoms with Crippen LogP contribution in [0.15, 0.2) is 27.6 Å². The summed E-state index contributed by atoms with van der Waals surface area (Å²) < 4.78 is 27.5. The molecule has 0 aromatic heterocycles. The topological polar surface area (TPSA) is 72.2 Å². The maximum atomic E-state index is 12.1. The highest BCUT2D eigenvalue weighted by Gasteiger charge is 2.23. The third-order valence-corrected chi connectivity index (χ3v) is 5.16. The molecule has 0 amide bonds. The first-order chi connectivity index (χ1) is 7.99. The number of nitrogen functional groups attached to an aromatic ring is 1. The maximum absolute atomic E-state index is 12.1. The molecule has 0 aliphatic heterocycles. The van der Waals surface area contributed by atoms with E-state index in [0.29, 0.717) is 10.2 Å². The Balaban J connectivity index is 2.21. The SMILES string of the molecule is Nc1ccc(S(=O)(=O)NC2CCCC2)cc1Br. The van der Waals surface area contributed by atoms with Crippen molar-refractivity contribution in [1.29, 1.82) is 0 Å². The minimum atomic E-state index is -3.42. The Labute approximate surface area is 110 Å². The van der Waals surface area contributed by atoms with E-state index in [4.69, 9.17) is 5.73 Å². The van der Waals surface area contributed by atoms with Crippen LogP contribution in [0.1, 0.15) is 25.7 Å². The van der Waals surface area contributed by atoms with Gasteiger partial charge in [0.1, 0.15) is 0 Å². The van der Waals surface area contributed by atoms with Crippen molar-refractivity contribution in [2.75, 3.05) is 5.73 Å². The summed E-state index contributed by atoms with van der Waals surface area (Å²) in [6.07, 6.45) is 4.04. The second-order valence-corrected chi connectivity index (χ2v) is 6.85. The second kappa shape index (κ2) is 4.96. The molecule has 94 valence electrons. The van der Waals surface area contributed by atoms with E-state index in [9.17, 15) is 8.42 Å². The Kier molecular flexibility index (Phi) is 3.75. The van der Waals surface area contributed by atoms with Crippen LogP contribution in [0.25, 0.3) is 0 Å². The molecule has 0 radical (unpaired) electrons. The lowest BCUT2D eigenvalue weighted by Gasteiger charge is -2.13. The van der Waals surface area contributed by atoms with Crippen molar-refractivity contribution in [2.24, 2.45) is 0 Å². The van der Waals surface area contributed by atoms with Crippen molar-refractivity contribution in [3.05, 3.63) is 22.7 Å². The zero-order chi connectivity index (χ0) is 12.5. The van der Waals surface area contributed by atoms with Gasteiger partial charge in [0.2, 0.25) is 10.0 Å². The first-order valence-corrected chi connectivity index (χ1v) is 7.84. The normalized spacial score (nSPS) is 17.5. The lowest BCUT2D eigenvalue weighted by atomic mass is 10.3. The fourth-order valence-corrected chi connectivity index (χ4v) is 3.87. The molecule has 0 atom stereocenters. The van der Waals surface area contributed by atoms with Gasteiger partial charge in [-0.3, -0.25) is 0 Å². The van der Waals surface area contributed by atoms with Gasteiger partial charge >= 0.3 is 0 Å². The van der Waals surface area contributed by atoms with Gasteiger partial charge in [-0.25, -0.2) is 13.1 Å². The van der Waals surface area contributed by atoms with E-state index in [0.717, 1.165) is 25.7 Å². The molecule has 0 heterocycles. The predicted molar refractivity (Wildman–Crippen MR) is 71.1 cm³/mol. The molecule has 0 unspecified atom stereocenters. The molecule has 1 saturated carbocycles. The van der Waals surface area contributed by atoms with Crippen LogP contribution >= 0.6 is 15.9 Å². The van der Waals surface area contributed by atoms with Gasteiger partial charge in [-0.1, -0.05) is 12.8 Å². The van der Waals surface area contributed by atoms with Gasteiger partial charge in [0, 0.05) is 16.2 Å². The molecule has 0 spiro atoms. The molecule has 2 rings (SSSR count). The average molecular weight is 319 g/mol. The van der Waals surface area contributed by atoms with Crippen molar-refractivity contribution < 1.29 is 8.42 Å². The highest BCUT2D eigenvalue weighted by Crippen LogP contribution is 2.24. The van der Waals surface area contributed by atoms with E-state index >= 15 is 0 Å². The van der Waals surface area contributed by atoms with Gasteiger partial charge in [-0.2, -0.15) is 0 Å². The number of hydrogen-bond acceptors (Lipinski definition) is 3. The van der Waals surface area contributed by atoms with Crippen LogP contribution in [0.4, 0.5) is 5.69 Å². The Morgan fingerprint density at radius 3 is 2.53 bits per heavy atom. The summed E-state index contributed by atoms with van der Waals surface area (Å²) in [5.41, 5.74) is 6.17. The molecule has 1 aliphatic rings. The number of halogens is 1. The predicted octanol–water partition coefficient (Wildman–Crippen LogP) is 2.25. The van der Waals surface area contributed by atoms with Crippen LogP contribution in [-0.2, 0) is 10.0 Å². The maximum Gasteiger partial charge on any atom is 0.240 e. The molecule has 0 saturated heterocycles. The van der Waals surface area contributed by atoms with E-state index in [2.05, 4.69) is 20.7 Å². The fourth-order valence-electron chi connectivity index (χ4n) is 2.01. The zero-order valence-electron chi connectivity index (χ0n) is 9.32. The Morgan fingerprint density at radius 2 is 1.94 bits per heavy atom. The number of hydrogen-bond donors (Lipinski definition) is 2. The van der Waals surface area contributed by atoms with Crippen LogP contribution in [0.3, 0.4) is 0 Å². The van der Waals surface area contributed by atoms with Crippen LogP contribution in [0.2, 0.25) is 0 Å². The van der Waals surface area contributed by atoms with E-state index in [1.165, 1.54) is 12.1 Å². The fraction of sp³-hybridized carbons (Fsp3) is 0.455. The van der Waals surface area contributed by atoms with E-state index < -0.39 is 10.0 Å².